The van der Waals surface area contributed by atoms with Crippen molar-refractivity contribution in [1.29, 1.82) is 0 Å². The van der Waals surface area contributed by atoms with Crippen molar-refractivity contribution in [2.75, 3.05) is 13.1 Å². The second-order valence-corrected chi connectivity index (χ2v) is 8.85. The van der Waals surface area contributed by atoms with Crippen LogP contribution in [0.5, 0.6) is 0 Å². The van der Waals surface area contributed by atoms with Crippen LogP contribution in [0.4, 0.5) is 9.59 Å². The molecule has 2 aromatic rings. The Bertz CT molecular complexity index is 921. The first kappa shape index (κ1) is 30.1. The van der Waals surface area contributed by atoms with Crippen molar-refractivity contribution < 1.29 is 28.7 Å². The Hall–Kier alpha value is -4.08. The summed E-state index contributed by atoms with van der Waals surface area (Å²) in [5.74, 6) is -0.560. The van der Waals surface area contributed by atoms with Crippen LogP contribution in [0.25, 0.3) is 0 Å². The zero-order valence-electron chi connectivity index (χ0n) is 22.0. The van der Waals surface area contributed by atoms with Crippen LogP contribution in [-0.4, -0.2) is 49.2 Å². The summed E-state index contributed by atoms with van der Waals surface area (Å²) in [5, 5.41) is 10.6. The van der Waals surface area contributed by atoms with Gasteiger partial charge in [-0.25, -0.2) is 9.59 Å². The van der Waals surface area contributed by atoms with Crippen molar-refractivity contribution >= 4 is 24.0 Å². The zero-order valence-corrected chi connectivity index (χ0v) is 22.0. The highest BCUT2D eigenvalue weighted by Gasteiger charge is 2.17. The number of hydrogen-bond acceptors (Lipinski definition) is 6. The highest BCUT2D eigenvalue weighted by molar-refractivity contribution is 5.85. The fraction of sp³-hybridized carbons (Fsp3) is 0.429. The highest BCUT2D eigenvalue weighted by atomic mass is 16.6. The summed E-state index contributed by atoms with van der Waals surface area (Å²) in [5.41, 5.74) is 1.73. The number of alkyl carbamates (subject to hydrolysis) is 2. The van der Waals surface area contributed by atoms with Gasteiger partial charge in [0.2, 0.25) is 11.8 Å². The van der Waals surface area contributed by atoms with Crippen molar-refractivity contribution in [3.8, 4) is 0 Å². The van der Waals surface area contributed by atoms with E-state index in [9.17, 15) is 19.2 Å². The van der Waals surface area contributed by atoms with E-state index in [1.165, 1.54) is 0 Å². The maximum absolute atomic E-state index is 12.1. The summed E-state index contributed by atoms with van der Waals surface area (Å²) in [7, 11) is 0. The summed E-state index contributed by atoms with van der Waals surface area (Å²) in [4.78, 5) is 48.0. The number of hydrogen-bond donors (Lipinski definition) is 4. The molecule has 38 heavy (non-hydrogen) atoms. The van der Waals surface area contributed by atoms with Gasteiger partial charge in [0, 0.05) is 13.1 Å². The van der Waals surface area contributed by atoms with Gasteiger partial charge in [-0.2, -0.15) is 0 Å². The lowest BCUT2D eigenvalue weighted by Gasteiger charge is -2.15. The third kappa shape index (κ3) is 12.8. The van der Waals surface area contributed by atoms with E-state index in [4.69, 9.17) is 9.47 Å². The van der Waals surface area contributed by atoms with Crippen LogP contribution in [0.15, 0.2) is 60.7 Å². The van der Waals surface area contributed by atoms with Crippen molar-refractivity contribution in [2.24, 2.45) is 0 Å². The minimum atomic E-state index is -0.709. The molecule has 0 aliphatic carbocycles. The second kappa shape index (κ2) is 17.4. The van der Waals surface area contributed by atoms with Crippen LogP contribution in [0.2, 0.25) is 0 Å². The van der Waals surface area contributed by atoms with E-state index >= 15 is 0 Å². The van der Waals surface area contributed by atoms with Crippen LogP contribution in [-0.2, 0) is 32.3 Å². The molecule has 0 saturated heterocycles. The number of amides is 4. The normalized spacial score (nSPS) is 11.9. The number of carbonyl (C=O) groups is 4. The second-order valence-electron chi connectivity index (χ2n) is 8.85. The van der Waals surface area contributed by atoms with Gasteiger partial charge in [0.1, 0.15) is 25.3 Å². The van der Waals surface area contributed by atoms with E-state index in [0.29, 0.717) is 13.1 Å². The third-order valence-corrected chi connectivity index (χ3v) is 5.58. The number of ether oxygens (including phenoxy) is 2. The molecule has 4 N–H and O–H groups in total. The molecule has 0 bridgehead atoms. The van der Waals surface area contributed by atoms with Gasteiger partial charge in [-0.1, -0.05) is 73.5 Å². The summed E-state index contributed by atoms with van der Waals surface area (Å²) in [6.07, 6.45) is 2.00. The molecule has 0 unspecified atom stereocenters. The van der Waals surface area contributed by atoms with Gasteiger partial charge < -0.3 is 30.7 Å². The lowest BCUT2D eigenvalue weighted by Crippen LogP contribution is -2.45. The van der Waals surface area contributed by atoms with Gasteiger partial charge in [-0.3, -0.25) is 9.59 Å². The van der Waals surface area contributed by atoms with Crippen LogP contribution < -0.4 is 21.3 Å². The first-order chi connectivity index (χ1) is 18.3. The quantitative estimate of drug-likeness (QED) is 0.263. The Morgan fingerprint density at radius 3 is 1.34 bits per heavy atom. The van der Waals surface area contributed by atoms with Crippen LogP contribution in [0, 0.1) is 0 Å². The maximum atomic E-state index is 12.1. The molecule has 0 spiro atoms. The fourth-order valence-electron chi connectivity index (χ4n) is 3.35. The Morgan fingerprint density at radius 2 is 0.974 bits per heavy atom. The molecule has 0 radical (unpaired) electrons. The molecule has 10 nitrogen and oxygen atoms in total. The van der Waals surface area contributed by atoms with Gasteiger partial charge in [-0.15, -0.1) is 0 Å². The number of benzene rings is 2. The molecule has 10 heteroatoms. The lowest BCUT2D eigenvalue weighted by atomic mass is 10.2. The molecule has 2 aromatic carbocycles. The van der Waals surface area contributed by atoms with E-state index in [0.717, 1.165) is 36.8 Å². The highest BCUT2D eigenvalue weighted by Crippen LogP contribution is 2.02. The molecule has 0 fully saturated rings. The Labute approximate surface area is 223 Å². The molecular weight excluding hydrogens is 488 g/mol. The van der Waals surface area contributed by atoms with Gasteiger partial charge in [0.25, 0.3) is 0 Å². The number of nitrogens with one attached hydrogen (secondary N) is 4. The van der Waals surface area contributed by atoms with Crippen LogP contribution in [0.1, 0.15) is 50.7 Å². The van der Waals surface area contributed by atoms with E-state index < -0.39 is 24.3 Å². The minimum absolute atomic E-state index is 0.137. The minimum Gasteiger partial charge on any atom is -0.445 e. The van der Waals surface area contributed by atoms with Crippen LogP contribution in [0.3, 0.4) is 0 Å². The average molecular weight is 527 g/mol. The Morgan fingerprint density at radius 1 is 0.605 bits per heavy atom. The van der Waals surface area contributed by atoms with E-state index in [1.807, 2.05) is 60.7 Å². The number of carbonyl (C=O) groups excluding carboxylic acids is 4. The molecule has 0 aliphatic rings. The first-order valence-corrected chi connectivity index (χ1v) is 12.8. The Balaban J connectivity index is 1.45. The van der Waals surface area contributed by atoms with Crippen molar-refractivity contribution in [3.63, 3.8) is 0 Å². The largest absolute Gasteiger partial charge is 0.445 e. The van der Waals surface area contributed by atoms with Crippen molar-refractivity contribution in [1.82, 2.24) is 21.3 Å². The fourth-order valence-corrected chi connectivity index (χ4v) is 3.35. The summed E-state index contributed by atoms with van der Waals surface area (Å²) in [6.45, 7) is 4.45. The molecular formula is C28H38N4O6. The third-order valence-electron chi connectivity index (χ3n) is 5.58. The van der Waals surface area contributed by atoms with Gasteiger partial charge in [0.15, 0.2) is 0 Å². The smallest absolute Gasteiger partial charge is 0.408 e. The Kier molecular flexibility index (Phi) is 13.8. The molecule has 0 aliphatic heterocycles. The number of rotatable bonds is 15. The molecule has 2 rings (SSSR count). The van der Waals surface area contributed by atoms with E-state index in [2.05, 4.69) is 21.3 Å². The summed E-state index contributed by atoms with van der Waals surface area (Å²) >= 11 is 0. The predicted molar refractivity (Wildman–Crippen MR) is 143 cm³/mol. The van der Waals surface area contributed by atoms with Gasteiger partial charge in [0.05, 0.1) is 0 Å². The van der Waals surface area contributed by atoms with E-state index in [-0.39, 0.29) is 25.0 Å². The van der Waals surface area contributed by atoms with Crippen LogP contribution >= 0.6 is 0 Å². The molecule has 0 saturated carbocycles. The average Bonchev–Trinajstić information content (AvgIpc) is 2.93. The summed E-state index contributed by atoms with van der Waals surface area (Å²) < 4.78 is 10.2. The molecule has 2 atom stereocenters. The van der Waals surface area contributed by atoms with Crippen molar-refractivity contribution in [3.05, 3.63) is 71.8 Å². The molecule has 206 valence electrons. The SMILES string of the molecule is C[C@H](NC(=O)OCc1ccccc1)C(=O)NCCCCCCNC(=O)[C@H](C)NC(=O)OCc1ccccc1. The molecule has 0 heterocycles. The topological polar surface area (TPSA) is 135 Å². The number of unbranched alkanes of at least 4 members (excludes halogenated alkanes) is 3. The van der Waals surface area contributed by atoms with Gasteiger partial charge in [-0.05, 0) is 37.8 Å². The monoisotopic (exact) mass is 526 g/mol. The maximum Gasteiger partial charge on any atom is 0.408 e. The molecule has 0 aromatic heterocycles. The summed E-state index contributed by atoms with van der Waals surface area (Å²) in [6, 6.07) is 17.2. The van der Waals surface area contributed by atoms with Crippen molar-refractivity contribution in [2.45, 2.75) is 64.8 Å². The lowest BCUT2D eigenvalue weighted by molar-refractivity contribution is -0.123. The zero-order chi connectivity index (χ0) is 27.6. The first-order valence-electron chi connectivity index (χ1n) is 12.8. The van der Waals surface area contributed by atoms with E-state index in [1.54, 1.807) is 13.8 Å². The molecule has 4 amide bonds. The van der Waals surface area contributed by atoms with Gasteiger partial charge >= 0.3 is 12.2 Å². The standard InChI is InChI=1S/C28H38N4O6/c1-21(31-27(35)37-19-23-13-7-5-8-14-23)25(33)29-17-11-3-4-12-18-30-26(34)22(2)32-28(36)38-20-24-15-9-6-10-16-24/h5-10,13-16,21-22H,3-4,11-12,17-20H2,1-2H3,(H,29,33)(H,30,34)(H,31,35)(H,32,36)/t21-,22-/m0/s1. The predicted octanol–water partition coefficient (Wildman–Crippen LogP) is 3.41.